The second-order valence-electron chi connectivity index (χ2n) is 6.67. The van der Waals surface area contributed by atoms with E-state index < -0.39 is 0 Å². The summed E-state index contributed by atoms with van der Waals surface area (Å²) in [5.74, 6) is 2.15. The van der Waals surface area contributed by atoms with Gasteiger partial charge in [-0.1, -0.05) is 34.6 Å². The summed E-state index contributed by atoms with van der Waals surface area (Å²) in [5.41, 5.74) is -0.0558. The first-order valence-corrected chi connectivity index (χ1v) is 7.91. The highest BCUT2D eigenvalue weighted by Crippen LogP contribution is 2.22. The zero-order chi connectivity index (χ0) is 17.5. The van der Waals surface area contributed by atoms with Gasteiger partial charge in [0.1, 0.15) is 5.76 Å². The number of nitrogens with one attached hydrogen (secondary N) is 3. The second kappa shape index (κ2) is 8.55. The van der Waals surface area contributed by atoms with Crippen LogP contribution < -0.4 is 16.0 Å². The summed E-state index contributed by atoms with van der Waals surface area (Å²) in [5, 5.41) is 9.10. The fourth-order valence-electron chi connectivity index (χ4n) is 1.69. The standard InChI is InChI=1S/C16H29N5O2/c1-11(2)14(22)18-7-8-19-15(17-6)21-10-13-20-9-12(23-13)16(3,4)5/h9,11H,7-8,10H2,1-6H3,(H,18,22)(H2,17,19,21). The fourth-order valence-corrected chi connectivity index (χ4v) is 1.69. The van der Waals surface area contributed by atoms with E-state index >= 15 is 0 Å². The number of carbonyl (C=O) groups excluding carboxylic acids is 1. The number of aromatic nitrogens is 1. The van der Waals surface area contributed by atoms with Crippen LogP contribution >= 0.6 is 0 Å². The third kappa shape index (κ3) is 6.71. The molecule has 0 bridgehead atoms. The summed E-state index contributed by atoms with van der Waals surface area (Å²) < 4.78 is 5.71. The SMILES string of the molecule is CN=C(NCCNC(=O)C(C)C)NCc1ncc(C(C)(C)C)o1. The lowest BCUT2D eigenvalue weighted by Gasteiger charge is -2.13. The predicted molar refractivity (Wildman–Crippen MR) is 91.3 cm³/mol. The lowest BCUT2D eigenvalue weighted by Crippen LogP contribution is -2.41. The van der Waals surface area contributed by atoms with Gasteiger partial charge in [-0.05, 0) is 0 Å². The first-order chi connectivity index (χ1) is 10.7. The average Bonchev–Trinajstić information content (AvgIpc) is 2.95. The van der Waals surface area contributed by atoms with E-state index in [-0.39, 0.29) is 17.2 Å². The van der Waals surface area contributed by atoms with E-state index in [1.807, 2.05) is 13.8 Å². The van der Waals surface area contributed by atoms with Crippen molar-refractivity contribution in [3.63, 3.8) is 0 Å². The van der Waals surface area contributed by atoms with E-state index in [0.29, 0.717) is 31.5 Å². The van der Waals surface area contributed by atoms with Crippen molar-refractivity contribution >= 4 is 11.9 Å². The van der Waals surface area contributed by atoms with Crippen LogP contribution in [0.1, 0.15) is 46.3 Å². The predicted octanol–water partition coefficient (Wildman–Crippen LogP) is 1.41. The number of oxazole rings is 1. The molecule has 0 saturated heterocycles. The molecule has 1 aromatic rings. The molecule has 23 heavy (non-hydrogen) atoms. The van der Waals surface area contributed by atoms with Gasteiger partial charge in [0.15, 0.2) is 5.96 Å². The maximum absolute atomic E-state index is 11.4. The third-order valence-corrected chi connectivity index (χ3v) is 3.16. The molecule has 7 heteroatoms. The number of guanidine groups is 1. The minimum Gasteiger partial charge on any atom is -0.443 e. The van der Waals surface area contributed by atoms with Crippen LogP contribution in [0.15, 0.2) is 15.6 Å². The van der Waals surface area contributed by atoms with Crippen LogP contribution in [0.2, 0.25) is 0 Å². The Morgan fingerprint density at radius 3 is 2.43 bits per heavy atom. The maximum atomic E-state index is 11.4. The summed E-state index contributed by atoms with van der Waals surface area (Å²) in [6.07, 6.45) is 1.76. The zero-order valence-electron chi connectivity index (χ0n) is 15.0. The van der Waals surface area contributed by atoms with E-state index in [4.69, 9.17) is 4.42 Å². The Morgan fingerprint density at radius 2 is 1.91 bits per heavy atom. The molecule has 0 spiro atoms. The van der Waals surface area contributed by atoms with Crippen molar-refractivity contribution in [1.82, 2.24) is 20.9 Å². The van der Waals surface area contributed by atoms with Gasteiger partial charge in [-0.25, -0.2) is 4.98 Å². The molecule has 0 aliphatic heterocycles. The van der Waals surface area contributed by atoms with Crippen LogP contribution in [0.25, 0.3) is 0 Å². The smallest absolute Gasteiger partial charge is 0.222 e. The summed E-state index contributed by atoms with van der Waals surface area (Å²) in [7, 11) is 1.69. The van der Waals surface area contributed by atoms with E-state index in [2.05, 4.69) is 46.7 Å². The molecule has 1 rings (SSSR count). The molecular weight excluding hydrogens is 294 g/mol. The van der Waals surface area contributed by atoms with Gasteiger partial charge in [0.2, 0.25) is 11.8 Å². The van der Waals surface area contributed by atoms with Gasteiger partial charge in [0, 0.05) is 31.5 Å². The fraction of sp³-hybridized carbons (Fsp3) is 0.688. The Morgan fingerprint density at radius 1 is 1.26 bits per heavy atom. The van der Waals surface area contributed by atoms with Crippen LogP contribution in [-0.2, 0) is 16.8 Å². The Kier molecular flexibility index (Phi) is 7.06. The summed E-state index contributed by atoms with van der Waals surface area (Å²) >= 11 is 0. The minimum absolute atomic E-state index is 0.00511. The Balaban J connectivity index is 2.34. The van der Waals surface area contributed by atoms with Crippen molar-refractivity contribution < 1.29 is 9.21 Å². The summed E-state index contributed by atoms with van der Waals surface area (Å²) in [6, 6.07) is 0. The van der Waals surface area contributed by atoms with Crippen LogP contribution in [0.3, 0.4) is 0 Å². The highest BCUT2D eigenvalue weighted by atomic mass is 16.4. The normalized spacial score (nSPS) is 12.4. The number of hydrogen-bond acceptors (Lipinski definition) is 4. The minimum atomic E-state index is -0.0558. The van der Waals surface area contributed by atoms with Gasteiger partial charge in [-0.3, -0.25) is 9.79 Å². The van der Waals surface area contributed by atoms with Gasteiger partial charge in [0.05, 0.1) is 12.7 Å². The molecule has 0 radical (unpaired) electrons. The van der Waals surface area contributed by atoms with E-state index in [1.165, 1.54) is 0 Å². The summed E-state index contributed by atoms with van der Waals surface area (Å²) in [4.78, 5) is 19.8. The summed E-state index contributed by atoms with van der Waals surface area (Å²) in [6.45, 7) is 11.6. The van der Waals surface area contributed by atoms with Crippen LogP contribution in [0.5, 0.6) is 0 Å². The van der Waals surface area contributed by atoms with Crippen molar-refractivity contribution in [3.8, 4) is 0 Å². The van der Waals surface area contributed by atoms with E-state index in [0.717, 1.165) is 5.76 Å². The molecule has 1 amide bonds. The van der Waals surface area contributed by atoms with Gasteiger partial charge in [0.25, 0.3) is 0 Å². The molecule has 0 unspecified atom stereocenters. The molecule has 0 aromatic carbocycles. The molecule has 3 N–H and O–H groups in total. The van der Waals surface area contributed by atoms with Crippen molar-refractivity contribution in [2.75, 3.05) is 20.1 Å². The molecule has 0 atom stereocenters. The highest BCUT2D eigenvalue weighted by molar-refractivity contribution is 5.80. The molecule has 0 fully saturated rings. The maximum Gasteiger partial charge on any atom is 0.222 e. The first kappa shape index (κ1) is 19.0. The Labute approximate surface area is 138 Å². The van der Waals surface area contributed by atoms with Crippen molar-refractivity contribution in [1.29, 1.82) is 0 Å². The monoisotopic (exact) mass is 323 g/mol. The largest absolute Gasteiger partial charge is 0.443 e. The number of rotatable bonds is 6. The van der Waals surface area contributed by atoms with Crippen molar-refractivity contribution in [2.24, 2.45) is 10.9 Å². The second-order valence-corrected chi connectivity index (χ2v) is 6.67. The Bertz CT molecular complexity index is 529. The quantitative estimate of drug-likeness (QED) is 0.418. The molecule has 1 heterocycles. The van der Waals surface area contributed by atoms with Crippen molar-refractivity contribution in [3.05, 3.63) is 17.8 Å². The van der Waals surface area contributed by atoms with Gasteiger partial charge >= 0.3 is 0 Å². The zero-order valence-corrected chi connectivity index (χ0v) is 15.0. The van der Waals surface area contributed by atoms with Crippen LogP contribution in [0.4, 0.5) is 0 Å². The average molecular weight is 323 g/mol. The molecule has 0 aliphatic rings. The van der Waals surface area contributed by atoms with Crippen LogP contribution in [0, 0.1) is 5.92 Å². The number of nitrogens with zero attached hydrogens (tertiary/aromatic N) is 2. The Hall–Kier alpha value is -2.05. The molecule has 7 nitrogen and oxygen atoms in total. The molecule has 1 aromatic heterocycles. The third-order valence-electron chi connectivity index (χ3n) is 3.16. The molecule has 0 aliphatic carbocycles. The lowest BCUT2D eigenvalue weighted by molar-refractivity contribution is -0.123. The van der Waals surface area contributed by atoms with Gasteiger partial charge in [-0.2, -0.15) is 0 Å². The lowest BCUT2D eigenvalue weighted by atomic mass is 9.94. The number of carbonyl (C=O) groups is 1. The van der Waals surface area contributed by atoms with E-state index in [9.17, 15) is 4.79 Å². The number of aliphatic imine (C=N–C) groups is 1. The van der Waals surface area contributed by atoms with Crippen LogP contribution in [-0.4, -0.2) is 37.0 Å². The first-order valence-electron chi connectivity index (χ1n) is 7.91. The van der Waals surface area contributed by atoms with Crippen molar-refractivity contribution in [2.45, 2.75) is 46.6 Å². The highest BCUT2D eigenvalue weighted by Gasteiger charge is 2.19. The number of hydrogen-bond donors (Lipinski definition) is 3. The number of amides is 1. The molecular formula is C16H29N5O2. The van der Waals surface area contributed by atoms with E-state index in [1.54, 1.807) is 13.2 Å². The van der Waals surface area contributed by atoms with Gasteiger partial charge in [-0.15, -0.1) is 0 Å². The molecule has 0 saturated carbocycles. The topological polar surface area (TPSA) is 91.5 Å². The molecule has 130 valence electrons. The van der Waals surface area contributed by atoms with Gasteiger partial charge < -0.3 is 20.4 Å².